The summed E-state index contributed by atoms with van der Waals surface area (Å²) in [6.45, 7) is 0.303. The number of fused-ring (bicyclic) bond motifs is 1. The van der Waals surface area contributed by atoms with Crippen LogP contribution in [0.15, 0.2) is 48.5 Å². The Hall–Kier alpha value is -2.42. The maximum absolute atomic E-state index is 10.4. The van der Waals surface area contributed by atoms with Crippen molar-refractivity contribution in [2.45, 2.75) is 12.6 Å². The van der Waals surface area contributed by atoms with Crippen molar-refractivity contribution in [3.05, 3.63) is 64.5 Å². The molecule has 0 fully saturated rings. The number of nitrogens with one attached hydrogen (secondary N) is 1. The molecule has 3 rings (SSSR count). The first kappa shape index (κ1) is 13.6. The van der Waals surface area contributed by atoms with Gasteiger partial charge in [0, 0.05) is 0 Å². The average Bonchev–Trinajstić information content (AvgIpc) is 2.83. The van der Waals surface area contributed by atoms with Crippen molar-refractivity contribution >= 4 is 21.6 Å². The van der Waals surface area contributed by atoms with Gasteiger partial charge in [-0.15, -0.1) is 0 Å². The van der Waals surface area contributed by atoms with E-state index in [1.165, 1.54) is 11.3 Å². The molecule has 2 aromatic carbocycles. The van der Waals surface area contributed by atoms with Crippen LogP contribution >= 0.6 is 11.3 Å². The van der Waals surface area contributed by atoms with E-state index in [0.717, 1.165) is 10.2 Å². The molecule has 0 radical (unpaired) electrons. The number of aromatic nitrogens is 1. The molecule has 4 nitrogen and oxygen atoms in total. The number of thiazole rings is 1. The molecule has 21 heavy (non-hydrogen) atoms. The number of nitrogens with zero attached hydrogens (tertiary/aromatic N) is 2. The van der Waals surface area contributed by atoms with Crippen molar-refractivity contribution in [1.82, 2.24) is 4.57 Å². The molecule has 1 aromatic heterocycles. The highest BCUT2D eigenvalue weighted by Crippen LogP contribution is 2.21. The Balaban J connectivity index is 1.96. The molecule has 1 atom stereocenters. The monoisotopic (exact) mass is 295 g/mol. The fraction of sp³-hybridized carbons (Fsp3) is 0.125. The summed E-state index contributed by atoms with van der Waals surface area (Å²) in [5.74, 6) is 0. The van der Waals surface area contributed by atoms with Gasteiger partial charge < -0.3 is 9.67 Å². The van der Waals surface area contributed by atoms with Crippen LogP contribution in [0.5, 0.6) is 0 Å². The second-order valence-electron chi connectivity index (χ2n) is 4.74. The van der Waals surface area contributed by atoms with Crippen LogP contribution in [0.2, 0.25) is 0 Å². The fourth-order valence-corrected chi connectivity index (χ4v) is 3.23. The highest BCUT2D eigenvalue weighted by Gasteiger charge is 2.12. The SMILES string of the molecule is N#Cc1cccc(C(O)Cn2c(=N)sc3ccccc32)c1. The van der Waals surface area contributed by atoms with E-state index in [9.17, 15) is 5.11 Å². The maximum Gasteiger partial charge on any atom is 0.183 e. The lowest BCUT2D eigenvalue weighted by Gasteiger charge is -2.13. The third kappa shape index (κ3) is 2.59. The molecule has 1 unspecified atom stereocenters. The molecule has 0 spiro atoms. The van der Waals surface area contributed by atoms with E-state index < -0.39 is 6.10 Å². The highest BCUT2D eigenvalue weighted by molar-refractivity contribution is 7.16. The lowest BCUT2D eigenvalue weighted by atomic mass is 10.1. The van der Waals surface area contributed by atoms with Gasteiger partial charge in [0.15, 0.2) is 4.80 Å². The predicted octanol–water partition coefficient (Wildman–Crippen LogP) is 2.79. The number of hydrogen-bond acceptors (Lipinski definition) is 4. The average molecular weight is 295 g/mol. The number of nitriles is 1. The van der Waals surface area contributed by atoms with E-state index in [4.69, 9.17) is 10.7 Å². The lowest BCUT2D eigenvalue weighted by molar-refractivity contribution is 0.157. The van der Waals surface area contributed by atoms with Crippen molar-refractivity contribution < 1.29 is 5.11 Å². The smallest absolute Gasteiger partial charge is 0.183 e. The van der Waals surface area contributed by atoms with Crippen molar-refractivity contribution in [3.8, 4) is 6.07 Å². The minimum absolute atomic E-state index is 0.303. The van der Waals surface area contributed by atoms with Crippen molar-refractivity contribution in [2.24, 2.45) is 0 Å². The standard InChI is InChI=1S/C16H13N3OS/c17-9-11-4-3-5-12(8-11)14(20)10-19-13-6-1-2-7-15(13)21-16(19)18/h1-8,14,18,20H,10H2. The predicted molar refractivity (Wildman–Crippen MR) is 81.8 cm³/mol. The molecule has 0 saturated heterocycles. The van der Waals surface area contributed by atoms with E-state index in [0.29, 0.717) is 22.5 Å². The first-order valence-corrected chi connectivity index (χ1v) is 7.32. The first-order valence-electron chi connectivity index (χ1n) is 6.50. The summed E-state index contributed by atoms with van der Waals surface area (Å²) in [7, 11) is 0. The molecule has 1 heterocycles. The van der Waals surface area contributed by atoms with Gasteiger partial charge in [0.25, 0.3) is 0 Å². The largest absolute Gasteiger partial charge is 0.387 e. The molecule has 0 bridgehead atoms. The molecule has 2 N–H and O–H groups in total. The van der Waals surface area contributed by atoms with E-state index in [1.807, 2.05) is 24.3 Å². The minimum Gasteiger partial charge on any atom is -0.387 e. The van der Waals surface area contributed by atoms with Crippen molar-refractivity contribution in [2.75, 3.05) is 0 Å². The molecule has 5 heteroatoms. The third-order valence-electron chi connectivity index (χ3n) is 3.36. The van der Waals surface area contributed by atoms with Crippen LogP contribution in [0.3, 0.4) is 0 Å². The van der Waals surface area contributed by atoms with Crippen LogP contribution in [-0.2, 0) is 6.54 Å². The Morgan fingerprint density at radius 2 is 2.05 bits per heavy atom. The first-order chi connectivity index (χ1) is 10.2. The number of rotatable bonds is 3. The van der Waals surface area contributed by atoms with Crippen molar-refractivity contribution in [3.63, 3.8) is 0 Å². The van der Waals surface area contributed by atoms with Crippen LogP contribution in [0.4, 0.5) is 0 Å². The quantitative estimate of drug-likeness (QED) is 0.780. The van der Waals surface area contributed by atoms with Crippen LogP contribution in [-0.4, -0.2) is 9.67 Å². The molecule has 104 valence electrons. The zero-order valence-corrected chi connectivity index (χ0v) is 12.0. The molecule has 0 aliphatic heterocycles. The van der Waals surface area contributed by atoms with Gasteiger partial charge in [-0.25, -0.2) is 0 Å². The summed E-state index contributed by atoms with van der Waals surface area (Å²) in [6, 6.07) is 16.8. The summed E-state index contributed by atoms with van der Waals surface area (Å²) in [6.07, 6.45) is -0.745. The van der Waals surface area contributed by atoms with Crippen molar-refractivity contribution in [1.29, 1.82) is 10.7 Å². The molecule has 0 aliphatic carbocycles. The van der Waals surface area contributed by atoms with E-state index in [1.54, 1.807) is 28.8 Å². The van der Waals surface area contributed by atoms with E-state index >= 15 is 0 Å². The lowest BCUT2D eigenvalue weighted by Crippen LogP contribution is -2.18. The molecular formula is C16H13N3OS. The normalized spacial score (nSPS) is 12.2. The summed E-state index contributed by atoms with van der Waals surface area (Å²) in [4.78, 5) is 0.409. The Morgan fingerprint density at radius 1 is 1.24 bits per heavy atom. The topological polar surface area (TPSA) is 72.8 Å². The molecule has 0 amide bonds. The zero-order valence-electron chi connectivity index (χ0n) is 11.2. The number of aliphatic hydroxyl groups excluding tert-OH is 1. The van der Waals surface area contributed by atoms with Gasteiger partial charge in [-0.3, -0.25) is 5.41 Å². The Labute approximate surface area is 125 Å². The Bertz CT molecular complexity index is 888. The summed E-state index contributed by atoms with van der Waals surface area (Å²) in [5.41, 5.74) is 2.16. The second-order valence-corrected chi connectivity index (χ2v) is 5.77. The summed E-state index contributed by atoms with van der Waals surface area (Å²) >= 11 is 1.39. The number of hydrogen-bond donors (Lipinski definition) is 2. The fourth-order valence-electron chi connectivity index (χ4n) is 2.31. The van der Waals surface area contributed by atoms with Crippen LogP contribution in [0, 0.1) is 16.7 Å². The molecule has 3 aromatic rings. The highest BCUT2D eigenvalue weighted by atomic mass is 32.1. The van der Waals surface area contributed by atoms with Gasteiger partial charge in [-0.05, 0) is 29.8 Å². The third-order valence-corrected chi connectivity index (χ3v) is 4.34. The number of aliphatic hydroxyl groups is 1. The van der Waals surface area contributed by atoms with Gasteiger partial charge in [-0.2, -0.15) is 5.26 Å². The van der Waals surface area contributed by atoms with E-state index in [2.05, 4.69) is 6.07 Å². The maximum atomic E-state index is 10.4. The van der Waals surface area contributed by atoms with Gasteiger partial charge in [0.05, 0.1) is 34.5 Å². The second kappa shape index (κ2) is 5.52. The van der Waals surface area contributed by atoms with Crippen LogP contribution in [0.1, 0.15) is 17.2 Å². The van der Waals surface area contributed by atoms with Crippen LogP contribution < -0.4 is 4.80 Å². The van der Waals surface area contributed by atoms with Crippen LogP contribution in [0.25, 0.3) is 10.2 Å². The van der Waals surface area contributed by atoms with Gasteiger partial charge in [0.1, 0.15) is 0 Å². The molecule has 0 saturated carbocycles. The Morgan fingerprint density at radius 3 is 2.86 bits per heavy atom. The van der Waals surface area contributed by atoms with Gasteiger partial charge in [-0.1, -0.05) is 35.6 Å². The number of benzene rings is 2. The number of para-hydroxylation sites is 1. The zero-order chi connectivity index (χ0) is 14.8. The van der Waals surface area contributed by atoms with E-state index in [-0.39, 0.29) is 0 Å². The minimum atomic E-state index is -0.745. The summed E-state index contributed by atoms with van der Waals surface area (Å²) in [5, 5.41) is 27.4. The molecule has 0 aliphatic rings. The molecular weight excluding hydrogens is 282 g/mol. The Kier molecular flexibility index (Phi) is 3.57. The van der Waals surface area contributed by atoms with Gasteiger partial charge >= 0.3 is 0 Å². The summed E-state index contributed by atoms with van der Waals surface area (Å²) < 4.78 is 2.82. The van der Waals surface area contributed by atoms with Gasteiger partial charge in [0.2, 0.25) is 0 Å².